The van der Waals surface area contributed by atoms with E-state index in [9.17, 15) is 19.8 Å². The fourth-order valence-electron chi connectivity index (χ4n) is 10.4. The number of fused-ring (bicyclic) bond motifs is 7. The van der Waals surface area contributed by atoms with Gasteiger partial charge in [0, 0.05) is 5.92 Å². The van der Waals surface area contributed by atoms with Crippen LogP contribution in [-0.4, -0.2) is 28.1 Å². The summed E-state index contributed by atoms with van der Waals surface area (Å²) in [6, 6.07) is 0. The quantitative estimate of drug-likeness (QED) is 0.464. The SMILES string of the molecule is CC1(C)C(O)CC[C@@]2(C)C1CC[C@]1(C)C2C(=O)C=C2C3C[C@@](C)(C(=O)O)CC[C@]3(C)CC[C@@]21C. The van der Waals surface area contributed by atoms with Gasteiger partial charge < -0.3 is 10.2 Å². The Hall–Kier alpha value is -1.16. The molecule has 5 aliphatic carbocycles. The third kappa shape index (κ3) is 2.81. The zero-order valence-electron chi connectivity index (χ0n) is 22.5. The van der Waals surface area contributed by atoms with Crippen LogP contribution in [0.2, 0.25) is 0 Å². The molecule has 5 rings (SSSR count). The number of hydrogen-bond donors (Lipinski definition) is 2. The van der Waals surface area contributed by atoms with E-state index in [4.69, 9.17) is 0 Å². The topological polar surface area (TPSA) is 74.6 Å². The van der Waals surface area contributed by atoms with Crippen molar-refractivity contribution in [3.05, 3.63) is 11.6 Å². The zero-order chi connectivity index (χ0) is 25.1. The average Bonchev–Trinajstić information content (AvgIpc) is 2.73. The number of carboxylic acids is 1. The van der Waals surface area contributed by atoms with Crippen molar-refractivity contribution >= 4 is 11.8 Å². The van der Waals surface area contributed by atoms with Crippen molar-refractivity contribution in [1.29, 1.82) is 0 Å². The number of carbonyl (C=O) groups is 2. The molecule has 4 saturated carbocycles. The first-order valence-electron chi connectivity index (χ1n) is 13.7. The van der Waals surface area contributed by atoms with E-state index >= 15 is 0 Å². The molecule has 4 unspecified atom stereocenters. The van der Waals surface area contributed by atoms with Crippen LogP contribution in [-0.2, 0) is 9.59 Å². The molecule has 34 heavy (non-hydrogen) atoms. The van der Waals surface area contributed by atoms with Gasteiger partial charge in [0.2, 0.25) is 0 Å². The number of carboxylic acid groups (broad SMARTS) is 1. The van der Waals surface area contributed by atoms with Crippen LogP contribution >= 0.6 is 0 Å². The summed E-state index contributed by atoms with van der Waals surface area (Å²) in [5.41, 5.74) is 0.142. The lowest BCUT2D eigenvalue weighted by molar-refractivity contribution is -0.202. The maximum absolute atomic E-state index is 14.2. The van der Waals surface area contributed by atoms with Crippen LogP contribution in [0.4, 0.5) is 0 Å². The van der Waals surface area contributed by atoms with E-state index in [-0.39, 0.29) is 50.8 Å². The molecule has 4 heteroatoms. The molecular formula is C30H46O4. The molecule has 0 aromatic carbocycles. The largest absolute Gasteiger partial charge is 0.481 e. The van der Waals surface area contributed by atoms with Crippen molar-refractivity contribution in [2.75, 3.05) is 0 Å². The van der Waals surface area contributed by atoms with Crippen LogP contribution in [0.1, 0.15) is 106 Å². The second-order valence-corrected chi connectivity index (χ2v) is 14.9. The van der Waals surface area contributed by atoms with Gasteiger partial charge in [-0.1, -0.05) is 47.1 Å². The predicted molar refractivity (Wildman–Crippen MR) is 133 cm³/mol. The molecule has 0 amide bonds. The molecule has 0 radical (unpaired) electrons. The maximum Gasteiger partial charge on any atom is 0.309 e. The number of allylic oxidation sites excluding steroid dienone is 2. The number of aliphatic hydroxyl groups excluding tert-OH is 1. The Morgan fingerprint density at radius 1 is 0.912 bits per heavy atom. The zero-order valence-corrected chi connectivity index (χ0v) is 22.5. The minimum atomic E-state index is -0.711. The lowest BCUT2D eigenvalue weighted by Crippen LogP contribution is -2.66. The normalized spacial score (nSPS) is 54.1. The summed E-state index contributed by atoms with van der Waals surface area (Å²) in [7, 11) is 0. The Balaban J connectivity index is 1.62. The van der Waals surface area contributed by atoms with Gasteiger partial charge in [-0.15, -0.1) is 0 Å². The minimum Gasteiger partial charge on any atom is -0.481 e. The fourth-order valence-corrected chi connectivity index (χ4v) is 10.4. The lowest BCUT2D eigenvalue weighted by Gasteiger charge is -2.70. The van der Waals surface area contributed by atoms with Crippen LogP contribution in [0.3, 0.4) is 0 Å². The molecule has 9 atom stereocenters. The number of rotatable bonds is 1. The molecule has 0 aromatic heterocycles. The summed E-state index contributed by atoms with van der Waals surface area (Å²) in [6.07, 6.45) is 9.95. The van der Waals surface area contributed by atoms with Crippen molar-refractivity contribution in [3.8, 4) is 0 Å². The summed E-state index contributed by atoms with van der Waals surface area (Å²) in [6.45, 7) is 15.8. The van der Waals surface area contributed by atoms with E-state index in [2.05, 4.69) is 41.5 Å². The van der Waals surface area contributed by atoms with Gasteiger partial charge in [-0.2, -0.15) is 0 Å². The molecule has 0 heterocycles. The smallest absolute Gasteiger partial charge is 0.309 e. The number of hydrogen-bond acceptors (Lipinski definition) is 3. The van der Waals surface area contributed by atoms with Crippen LogP contribution in [0, 0.1) is 50.2 Å². The standard InChI is InChI=1S/C30H46O4/c1-25(2)21-8-11-30(7)23(28(21,5)10-9-22(25)32)20(31)16-18-19-17-27(4,24(33)34)13-12-26(19,3)14-15-29(18,30)6/h16,19,21-23,32H,8-15,17H2,1-7H3,(H,33,34)/t19?,21?,22?,23?,26-,27+,28+,29+,30-/m1/s1. The van der Waals surface area contributed by atoms with E-state index in [0.717, 1.165) is 51.4 Å². The van der Waals surface area contributed by atoms with Gasteiger partial charge in [-0.25, -0.2) is 0 Å². The molecule has 0 aromatic rings. The molecule has 5 aliphatic rings. The Morgan fingerprint density at radius 2 is 1.56 bits per heavy atom. The van der Waals surface area contributed by atoms with Gasteiger partial charge in [-0.3, -0.25) is 9.59 Å². The molecule has 190 valence electrons. The molecule has 0 bridgehead atoms. The first-order chi connectivity index (χ1) is 15.6. The summed E-state index contributed by atoms with van der Waals surface area (Å²) < 4.78 is 0. The van der Waals surface area contributed by atoms with Crippen molar-refractivity contribution in [2.45, 2.75) is 112 Å². The van der Waals surface area contributed by atoms with Crippen LogP contribution in [0.15, 0.2) is 11.6 Å². The maximum atomic E-state index is 14.2. The number of aliphatic hydroxyl groups is 1. The number of ketones is 1. The predicted octanol–water partition coefficient (Wildman–Crippen LogP) is 6.41. The van der Waals surface area contributed by atoms with Gasteiger partial charge >= 0.3 is 5.97 Å². The highest BCUT2D eigenvalue weighted by Gasteiger charge is 2.70. The van der Waals surface area contributed by atoms with Crippen LogP contribution in [0.5, 0.6) is 0 Å². The third-order valence-electron chi connectivity index (χ3n) is 13.1. The summed E-state index contributed by atoms with van der Waals surface area (Å²) in [5.74, 6) is 0.0603. The molecule has 4 nitrogen and oxygen atoms in total. The molecule has 0 aliphatic heterocycles. The Labute approximate surface area is 206 Å². The van der Waals surface area contributed by atoms with E-state index < -0.39 is 11.4 Å². The van der Waals surface area contributed by atoms with Crippen molar-refractivity contribution in [1.82, 2.24) is 0 Å². The summed E-state index contributed by atoms with van der Waals surface area (Å²) in [5, 5.41) is 20.9. The highest BCUT2D eigenvalue weighted by Crippen LogP contribution is 2.75. The average molecular weight is 471 g/mol. The number of aliphatic carboxylic acids is 1. The first kappa shape index (κ1) is 24.5. The van der Waals surface area contributed by atoms with Gasteiger partial charge in [0.05, 0.1) is 11.5 Å². The molecule has 4 fully saturated rings. The van der Waals surface area contributed by atoms with Gasteiger partial charge in [0.25, 0.3) is 0 Å². The van der Waals surface area contributed by atoms with Crippen LogP contribution < -0.4 is 0 Å². The van der Waals surface area contributed by atoms with Gasteiger partial charge in [0.15, 0.2) is 5.78 Å². The van der Waals surface area contributed by atoms with E-state index in [1.807, 2.05) is 13.0 Å². The van der Waals surface area contributed by atoms with E-state index in [0.29, 0.717) is 12.3 Å². The Bertz CT molecular complexity index is 965. The minimum absolute atomic E-state index is 0.0296. The number of carbonyl (C=O) groups excluding carboxylic acids is 1. The Kier molecular flexibility index (Phi) is 5.04. The monoisotopic (exact) mass is 470 g/mol. The van der Waals surface area contributed by atoms with E-state index in [1.165, 1.54) is 5.57 Å². The first-order valence-corrected chi connectivity index (χ1v) is 13.7. The van der Waals surface area contributed by atoms with Gasteiger partial charge in [0.1, 0.15) is 0 Å². The molecule has 0 spiro atoms. The molecule has 0 saturated heterocycles. The third-order valence-corrected chi connectivity index (χ3v) is 13.1. The Morgan fingerprint density at radius 3 is 2.21 bits per heavy atom. The van der Waals surface area contributed by atoms with Crippen molar-refractivity contribution in [3.63, 3.8) is 0 Å². The highest BCUT2D eigenvalue weighted by atomic mass is 16.4. The fraction of sp³-hybridized carbons (Fsp3) is 0.867. The van der Waals surface area contributed by atoms with Gasteiger partial charge in [-0.05, 0) is 110 Å². The second-order valence-electron chi connectivity index (χ2n) is 14.9. The van der Waals surface area contributed by atoms with Crippen molar-refractivity contribution < 1.29 is 19.8 Å². The summed E-state index contributed by atoms with van der Waals surface area (Å²) >= 11 is 0. The molecule has 2 N–H and O–H groups in total. The van der Waals surface area contributed by atoms with Crippen molar-refractivity contribution in [2.24, 2.45) is 50.2 Å². The summed E-state index contributed by atoms with van der Waals surface area (Å²) in [4.78, 5) is 26.4. The highest BCUT2D eigenvalue weighted by molar-refractivity contribution is 5.95. The second kappa shape index (κ2) is 6.99. The lowest BCUT2D eigenvalue weighted by atomic mass is 9.33. The van der Waals surface area contributed by atoms with E-state index in [1.54, 1.807) is 0 Å². The van der Waals surface area contributed by atoms with Crippen LogP contribution in [0.25, 0.3) is 0 Å². The molecular weight excluding hydrogens is 424 g/mol.